The van der Waals surface area contributed by atoms with Crippen LogP contribution in [0.4, 0.5) is 0 Å². The Morgan fingerprint density at radius 2 is 1.94 bits per heavy atom. The van der Waals surface area contributed by atoms with Crippen molar-refractivity contribution in [2.24, 2.45) is 0 Å². The van der Waals surface area contributed by atoms with E-state index in [0.717, 1.165) is 0 Å². The highest BCUT2D eigenvalue weighted by molar-refractivity contribution is 7.84. The van der Waals surface area contributed by atoms with Crippen LogP contribution >= 0.6 is 11.3 Å². The summed E-state index contributed by atoms with van der Waals surface area (Å²) >= 11 is 1.76. The minimum atomic E-state index is -1.03. The second-order valence-corrected chi connectivity index (χ2v) is 8.52. The normalized spacial score (nSPS) is 15.8. The first-order valence-electron chi connectivity index (χ1n) is 6.04. The molecule has 2 rings (SSSR count). The second-order valence-electron chi connectivity index (χ2n) is 5.41. The maximum atomic E-state index is 12.1. The fourth-order valence-electron chi connectivity index (χ4n) is 1.61. The molecule has 0 aliphatic heterocycles. The van der Waals surface area contributed by atoms with Gasteiger partial charge in [-0.2, -0.15) is 0 Å². The molecule has 0 bridgehead atoms. The zero-order chi connectivity index (χ0) is 13.3. The Morgan fingerprint density at radius 1 is 1.28 bits per heavy atom. The Kier molecular flexibility index (Phi) is 3.90. The smallest absolute Gasteiger partial charge is 0.0976 e. The van der Waals surface area contributed by atoms with Gasteiger partial charge in [0.1, 0.15) is 0 Å². The van der Waals surface area contributed by atoms with Gasteiger partial charge < -0.3 is 0 Å². The number of benzene rings is 1. The van der Waals surface area contributed by atoms with Crippen LogP contribution in [0.2, 0.25) is 0 Å². The van der Waals surface area contributed by atoms with E-state index >= 15 is 0 Å². The third kappa shape index (κ3) is 2.99. The van der Waals surface area contributed by atoms with Crippen LogP contribution in [-0.4, -0.2) is 8.96 Å². The van der Waals surface area contributed by atoms with Crippen molar-refractivity contribution in [2.45, 2.75) is 38.5 Å². The Balaban J connectivity index is 2.18. The molecule has 2 atom stereocenters. The first-order valence-corrected chi connectivity index (χ1v) is 8.01. The zero-order valence-corrected chi connectivity index (χ0v) is 12.8. The van der Waals surface area contributed by atoms with Gasteiger partial charge in [0, 0.05) is 9.58 Å². The maximum absolute atomic E-state index is 12.1. The van der Waals surface area contributed by atoms with E-state index in [4.69, 9.17) is 0 Å². The van der Waals surface area contributed by atoms with Gasteiger partial charge in [-0.25, -0.2) is 8.93 Å². The van der Waals surface area contributed by atoms with E-state index in [1.807, 2.05) is 32.9 Å². The topological polar surface area (TPSA) is 29.1 Å². The molecule has 1 heterocycles. The molecule has 0 aliphatic rings. The molecule has 0 saturated carbocycles. The molecule has 0 saturated heterocycles. The van der Waals surface area contributed by atoms with Crippen molar-refractivity contribution in [3.8, 4) is 0 Å². The van der Waals surface area contributed by atoms with Crippen LogP contribution in [-0.2, 0) is 11.0 Å². The van der Waals surface area contributed by atoms with Crippen molar-refractivity contribution in [3.63, 3.8) is 0 Å². The lowest BCUT2D eigenvalue weighted by molar-refractivity contribution is 0.618. The molecule has 1 aromatic heterocycles. The van der Waals surface area contributed by atoms with Gasteiger partial charge in [-0.15, -0.1) is 11.3 Å². The van der Waals surface area contributed by atoms with Crippen LogP contribution in [0, 0.1) is 0 Å². The highest BCUT2D eigenvalue weighted by atomic mass is 32.2. The van der Waals surface area contributed by atoms with Crippen molar-refractivity contribution in [3.05, 3.63) is 35.2 Å². The number of hydrogen-bond donors (Lipinski definition) is 1. The Labute approximate surface area is 115 Å². The lowest BCUT2D eigenvalue weighted by atomic mass is 10.2. The van der Waals surface area contributed by atoms with Gasteiger partial charge in [-0.3, -0.25) is 0 Å². The van der Waals surface area contributed by atoms with Crippen molar-refractivity contribution in [1.82, 2.24) is 4.72 Å². The molecular formula is C14H19NOS2. The Hall–Kier alpha value is -0.710. The first kappa shape index (κ1) is 13.7. The zero-order valence-electron chi connectivity index (χ0n) is 11.2. The fourth-order valence-corrected chi connectivity index (χ4v) is 3.55. The van der Waals surface area contributed by atoms with E-state index in [2.05, 4.69) is 29.8 Å². The van der Waals surface area contributed by atoms with E-state index in [1.165, 1.54) is 15.0 Å². The summed E-state index contributed by atoms with van der Waals surface area (Å²) in [4.78, 5) is 1.23. The van der Waals surface area contributed by atoms with Gasteiger partial charge in [0.15, 0.2) is 0 Å². The first-order chi connectivity index (χ1) is 8.38. The minimum absolute atomic E-state index is 0.113. The van der Waals surface area contributed by atoms with E-state index in [9.17, 15) is 4.21 Å². The molecule has 1 aromatic carbocycles. The maximum Gasteiger partial charge on any atom is 0.0976 e. The van der Waals surface area contributed by atoms with Gasteiger partial charge in [-0.05, 0) is 45.2 Å². The van der Waals surface area contributed by atoms with Crippen LogP contribution in [0.5, 0.6) is 0 Å². The molecular weight excluding hydrogens is 262 g/mol. The molecule has 98 valence electrons. The average Bonchev–Trinajstić information content (AvgIpc) is 2.71. The molecule has 2 nitrogen and oxygen atoms in total. The van der Waals surface area contributed by atoms with E-state index in [1.54, 1.807) is 11.3 Å². The van der Waals surface area contributed by atoms with Crippen LogP contribution in [0.25, 0.3) is 10.1 Å². The quantitative estimate of drug-likeness (QED) is 0.904. The molecule has 18 heavy (non-hydrogen) atoms. The number of rotatable bonds is 3. The molecule has 2 aromatic rings. The standard InChI is InChI=1S/C14H19NOS2/c1-10(15-18(16)14(2,3)4)13-9-11-7-5-6-8-12(11)17-13/h5-10,15H,1-4H3. The SMILES string of the molecule is CC(NS(=O)C(C)(C)C)c1cc2ccccc2s1. The van der Waals surface area contributed by atoms with Crippen LogP contribution < -0.4 is 4.72 Å². The minimum Gasteiger partial charge on any atom is -0.242 e. The van der Waals surface area contributed by atoms with Crippen LogP contribution in [0.1, 0.15) is 38.6 Å². The second kappa shape index (κ2) is 5.11. The summed E-state index contributed by atoms with van der Waals surface area (Å²) in [7, 11) is -1.03. The number of thiophene rings is 1. The summed E-state index contributed by atoms with van der Waals surface area (Å²) in [5.41, 5.74) is 0. The Morgan fingerprint density at radius 3 is 2.56 bits per heavy atom. The van der Waals surface area contributed by atoms with Crippen LogP contribution in [0.3, 0.4) is 0 Å². The summed E-state index contributed by atoms with van der Waals surface area (Å²) in [6.07, 6.45) is 0. The lowest BCUT2D eigenvalue weighted by Gasteiger charge is -2.21. The number of fused-ring (bicyclic) bond motifs is 1. The summed E-state index contributed by atoms with van der Waals surface area (Å²) in [6.45, 7) is 8.00. The molecule has 0 radical (unpaired) electrons. The molecule has 0 fully saturated rings. The fraction of sp³-hybridized carbons (Fsp3) is 0.429. The third-order valence-electron chi connectivity index (χ3n) is 2.71. The molecule has 0 amide bonds. The highest BCUT2D eigenvalue weighted by Crippen LogP contribution is 2.30. The highest BCUT2D eigenvalue weighted by Gasteiger charge is 2.22. The van der Waals surface area contributed by atoms with Crippen molar-refractivity contribution < 1.29 is 4.21 Å². The number of nitrogens with one attached hydrogen (secondary N) is 1. The van der Waals surface area contributed by atoms with Gasteiger partial charge in [0.2, 0.25) is 0 Å². The van der Waals surface area contributed by atoms with Gasteiger partial charge in [0.25, 0.3) is 0 Å². The molecule has 2 unspecified atom stereocenters. The molecule has 4 heteroatoms. The lowest BCUT2D eigenvalue weighted by Crippen LogP contribution is -2.34. The number of hydrogen-bond acceptors (Lipinski definition) is 2. The van der Waals surface area contributed by atoms with E-state index < -0.39 is 11.0 Å². The van der Waals surface area contributed by atoms with Crippen molar-refractivity contribution in [1.29, 1.82) is 0 Å². The van der Waals surface area contributed by atoms with Gasteiger partial charge in [-0.1, -0.05) is 18.2 Å². The molecule has 0 aliphatic carbocycles. The third-order valence-corrected chi connectivity index (χ3v) is 5.69. The van der Waals surface area contributed by atoms with E-state index in [-0.39, 0.29) is 10.8 Å². The Bertz CT molecular complexity index is 535. The van der Waals surface area contributed by atoms with Crippen LogP contribution in [0.15, 0.2) is 30.3 Å². The van der Waals surface area contributed by atoms with Gasteiger partial charge >= 0.3 is 0 Å². The largest absolute Gasteiger partial charge is 0.242 e. The monoisotopic (exact) mass is 281 g/mol. The van der Waals surface area contributed by atoms with Crippen molar-refractivity contribution >= 4 is 32.4 Å². The summed E-state index contributed by atoms with van der Waals surface area (Å²) < 4.78 is 16.3. The van der Waals surface area contributed by atoms with Gasteiger partial charge in [0.05, 0.1) is 21.8 Å². The molecule has 0 spiro atoms. The molecule has 1 N–H and O–H groups in total. The predicted molar refractivity (Wildman–Crippen MR) is 81.3 cm³/mol. The predicted octanol–water partition coefficient (Wildman–Crippen LogP) is 4.01. The summed E-state index contributed by atoms with van der Waals surface area (Å²) in [5, 5.41) is 1.26. The average molecular weight is 281 g/mol. The van der Waals surface area contributed by atoms with Crippen molar-refractivity contribution in [2.75, 3.05) is 0 Å². The summed E-state index contributed by atoms with van der Waals surface area (Å²) in [6, 6.07) is 10.6. The van der Waals surface area contributed by atoms with E-state index in [0.29, 0.717) is 0 Å². The summed E-state index contributed by atoms with van der Waals surface area (Å²) in [5.74, 6) is 0.